The summed E-state index contributed by atoms with van der Waals surface area (Å²) < 4.78 is 27.8. The smallest absolute Gasteiger partial charge is 0.280 e. The Morgan fingerprint density at radius 3 is 2.09 bits per heavy atom. The summed E-state index contributed by atoms with van der Waals surface area (Å²) in [5.74, 6) is -1.33. The second-order valence-electron chi connectivity index (χ2n) is 7.00. The van der Waals surface area contributed by atoms with Crippen LogP contribution in [0.25, 0.3) is 0 Å². The van der Waals surface area contributed by atoms with Gasteiger partial charge >= 0.3 is 0 Å². The van der Waals surface area contributed by atoms with Gasteiger partial charge in [-0.15, -0.1) is 11.3 Å². The fourth-order valence-corrected chi connectivity index (χ4v) is 6.05. The lowest BCUT2D eigenvalue weighted by molar-refractivity contribution is 0.1000. The second-order valence-corrected chi connectivity index (χ2v) is 10.8. The van der Waals surface area contributed by atoms with E-state index in [1.54, 1.807) is 53.9 Å². The summed E-state index contributed by atoms with van der Waals surface area (Å²) in [6.07, 6.45) is 0. The molecule has 10 heteroatoms. The summed E-state index contributed by atoms with van der Waals surface area (Å²) in [5, 5.41) is 4.94. The van der Waals surface area contributed by atoms with E-state index in [1.807, 2.05) is 0 Å². The van der Waals surface area contributed by atoms with Crippen LogP contribution >= 0.6 is 34.5 Å². The van der Waals surface area contributed by atoms with Gasteiger partial charge in [-0.25, -0.2) is 0 Å². The van der Waals surface area contributed by atoms with E-state index >= 15 is 0 Å². The Morgan fingerprint density at radius 1 is 0.794 bits per heavy atom. The predicted molar refractivity (Wildman–Crippen MR) is 136 cm³/mol. The van der Waals surface area contributed by atoms with Crippen LogP contribution in [0.3, 0.4) is 0 Å². The number of rotatable bonds is 6. The maximum absolute atomic E-state index is 13.6. The molecular formula is C24H16Cl2N2O4S2. The molecule has 1 heterocycles. The number of hydrogen-bond donors (Lipinski definition) is 1. The minimum Gasteiger partial charge on any atom is -0.320 e. The predicted octanol–water partition coefficient (Wildman–Crippen LogP) is 6.34. The van der Waals surface area contributed by atoms with E-state index < -0.39 is 21.8 Å². The lowest BCUT2D eigenvalue weighted by atomic mass is 10.2. The van der Waals surface area contributed by atoms with E-state index in [9.17, 15) is 18.0 Å². The van der Waals surface area contributed by atoms with Crippen LogP contribution in [0.5, 0.6) is 0 Å². The van der Waals surface area contributed by atoms with Crippen molar-refractivity contribution in [1.29, 1.82) is 0 Å². The average molecular weight is 531 g/mol. The number of hydrogen-bond acceptors (Lipinski definition) is 5. The van der Waals surface area contributed by atoms with E-state index in [0.29, 0.717) is 9.33 Å². The molecule has 0 unspecified atom stereocenters. The highest BCUT2D eigenvalue weighted by atomic mass is 35.5. The number of benzene rings is 3. The monoisotopic (exact) mass is 530 g/mol. The summed E-state index contributed by atoms with van der Waals surface area (Å²) >= 11 is 13.0. The first-order valence-corrected chi connectivity index (χ1v) is 12.9. The third kappa shape index (κ3) is 5.00. The zero-order chi connectivity index (χ0) is 24.3. The minimum atomic E-state index is -4.31. The number of thiophene rings is 1. The summed E-state index contributed by atoms with van der Waals surface area (Å²) in [6, 6.07) is 21.4. The molecule has 4 aromatic rings. The third-order valence-electron chi connectivity index (χ3n) is 4.70. The van der Waals surface area contributed by atoms with Crippen molar-refractivity contribution in [3.8, 4) is 0 Å². The zero-order valence-electron chi connectivity index (χ0n) is 17.3. The molecule has 0 aliphatic carbocycles. The van der Waals surface area contributed by atoms with E-state index in [1.165, 1.54) is 36.4 Å². The van der Waals surface area contributed by atoms with Crippen LogP contribution in [0.1, 0.15) is 20.7 Å². The van der Waals surface area contributed by atoms with Crippen molar-refractivity contribution in [2.75, 3.05) is 9.62 Å². The van der Waals surface area contributed by atoms with Gasteiger partial charge in [0.05, 0.1) is 11.4 Å². The maximum atomic E-state index is 13.6. The van der Waals surface area contributed by atoms with Gasteiger partial charge in [-0.3, -0.25) is 9.59 Å². The lowest BCUT2D eigenvalue weighted by Crippen LogP contribution is -2.37. The number of carbonyl (C=O) groups excluding carboxylic acids is 2. The minimum absolute atomic E-state index is 0.0174. The Labute approximate surface area is 210 Å². The molecule has 172 valence electrons. The number of carbonyl (C=O) groups is 2. The van der Waals surface area contributed by atoms with Crippen molar-refractivity contribution in [3.63, 3.8) is 0 Å². The molecule has 0 bridgehead atoms. The van der Waals surface area contributed by atoms with E-state index in [-0.39, 0.29) is 31.7 Å². The van der Waals surface area contributed by atoms with Crippen molar-refractivity contribution in [2.24, 2.45) is 0 Å². The molecule has 1 N–H and O–H groups in total. The average Bonchev–Trinajstić information content (AvgIpc) is 3.36. The molecule has 0 aliphatic heterocycles. The Balaban J connectivity index is 1.83. The zero-order valence-corrected chi connectivity index (χ0v) is 20.5. The molecular weight excluding hydrogens is 515 g/mol. The van der Waals surface area contributed by atoms with Crippen molar-refractivity contribution in [3.05, 3.63) is 111 Å². The van der Waals surface area contributed by atoms with E-state index in [2.05, 4.69) is 5.32 Å². The first-order valence-electron chi connectivity index (χ1n) is 9.82. The number of anilines is 2. The molecule has 0 saturated heterocycles. The van der Waals surface area contributed by atoms with E-state index in [4.69, 9.17) is 23.2 Å². The summed E-state index contributed by atoms with van der Waals surface area (Å²) in [6.45, 7) is 0. The van der Waals surface area contributed by atoms with Crippen LogP contribution in [0.15, 0.2) is 94.5 Å². The Hall–Kier alpha value is -3.17. The standard InChI is InChI=1S/C24H16Cl2N2O4S2/c25-18-8-3-6-16(14-18)23(29)27-20-10-1-2-11-21(20)28(34(31,32)22-12-5-13-33-22)24(30)17-7-4-9-19(26)15-17/h1-15H,(H,27,29). The number of nitrogens with zero attached hydrogens (tertiary/aromatic N) is 1. The number of sulfonamides is 1. The fourth-order valence-electron chi connectivity index (χ4n) is 3.17. The van der Waals surface area contributed by atoms with Gasteiger partial charge in [0.2, 0.25) is 0 Å². The molecule has 6 nitrogen and oxygen atoms in total. The molecule has 0 spiro atoms. The second kappa shape index (κ2) is 9.99. The van der Waals surface area contributed by atoms with Crippen molar-refractivity contribution < 1.29 is 18.0 Å². The first kappa shape index (κ1) is 24.0. The van der Waals surface area contributed by atoms with Gasteiger partial charge in [0.25, 0.3) is 21.8 Å². The third-order valence-corrected chi connectivity index (χ3v) is 8.24. The molecule has 0 fully saturated rings. The number of amides is 2. The molecule has 3 aromatic carbocycles. The Kier molecular flexibility index (Phi) is 7.04. The van der Waals surface area contributed by atoms with Gasteiger partial charge in [-0.2, -0.15) is 12.7 Å². The molecule has 0 aliphatic rings. The normalized spacial score (nSPS) is 11.1. The molecule has 1 aromatic heterocycles. The number of para-hydroxylation sites is 2. The molecule has 0 atom stereocenters. The van der Waals surface area contributed by atoms with Gasteiger partial charge < -0.3 is 5.32 Å². The number of halogens is 2. The quantitative estimate of drug-likeness (QED) is 0.315. The lowest BCUT2D eigenvalue weighted by Gasteiger charge is -2.24. The van der Waals surface area contributed by atoms with Crippen LogP contribution in [0, 0.1) is 0 Å². The van der Waals surface area contributed by atoms with Crippen molar-refractivity contribution in [1.82, 2.24) is 0 Å². The largest absolute Gasteiger partial charge is 0.320 e. The molecule has 0 saturated carbocycles. The van der Waals surface area contributed by atoms with Gasteiger partial charge in [-0.05, 0) is 60.0 Å². The van der Waals surface area contributed by atoms with Crippen LogP contribution in [-0.4, -0.2) is 20.2 Å². The highest BCUT2D eigenvalue weighted by molar-refractivity contribution is 7.95. The fraction of sp³-hybridized carbons (Fsp3) is 0. The molecule has 34 heavy (non-hydrogen) atoms. The van der Waals surface area contributed by atoms with Gasteiger partial charge in [-0.1, -0.05) is 53.5 Å². The topological polar surface area (TPSA) is 83.6 Å². The summed E-state index contributed by atoms with van der Waals surface area (Å²) in [4.78, 5) is 26.4. The first-order chi connectivity index (χ1) is 16.3. The van der Waals surface area contributed by atoms with Gasteiger partial charge in [0, 0.05) is 21.2 Å². The van der Waals surface area contributed by atoms with Crippen molar-refractivity contribution in [2.45, 2.75) is 4.21 Å². The van der Waals surface area contributed by atoms with Crippen LogP contribution in [0.4, 0.5) is 11.4 Å². The molecule has 2 amide bonds. The van der Waals surface area contributed by atoms with Gasteiger partial charge in [0.1, 0.15) is 4.21 Å². The molecule has 0 radical (unpaired) electrons. The maximum Gasteiger partial charge on any atom is 0.280 e. The van der Waals surface area contributed by atoms with Crippen molar-refractivity contribution >= 4 is 67.8 Å². The van der Waals surface area contributed by atoms with Gasteiger partial charge in [0.15, 0.2) is 0 Å². The molecule has 4 rings (SSSR count). The Bertz CT molecular complexity index is 1470. The summed E-state index contributed by atoms with van der Waals surface area (Å²) in [5.41, 5.74) is 0.457. The van der Waals surface area contributed by atoms with Crippen LogP contribution in [0.2, 0.25) is 10.0 Å². The van der Waals surface area contributed by atoms with Crippen LogP contribution < -0.4 is 9.62 Å². The summed E-state index contributed by atoms with van der Waals surface area (Å²) in [7, 11) is -4.31. The number of nitrogens with one attached hydrogen (secondary N) is 1. The highest BCUT2D eigenvalue weighted by Gasteiger charge is 2.34. The highest BCUT2D eigenvalue weighted by Crippen LogP contribution is 2.34. The van der Waals surface area contributed by atoms with E-state index in [0.717, 1.165) is 11.3 Å². The SMILES string of the molecule is O=C(Nc1ccccc1N(C(=O)c1cccc(Cl)c1)S(=O)(=O)c1cccs1)c1cccc(Cl)c1. The Morgan fingerprint density at radius 2 is 1.44 bits per heavy atom. The van der Waals surface area contributed by atoms with Crippen LogP contribution in [-0.2, 0) is 10.0 Å².